The van der Waals surface area contributed by atoms with Gasteiger partial charge in [-0.25, -0.2) is 4.98 Å². The predicted molar refractivity (Wildman–Crippen MR) is 140 cm³/mol. The minimum absolute atomic E-state index is 0. The molecule has 0 radical (unpaired) electrons. The minimum Gasteiger partial charge on any atom is -0.489 e. The van der Waals surface area contributed by atoms with Crippen molar-refractivity contribution in [1.29, 1.82) is 0 Å². The number of hydrogen-bond donors (Lipinski definition) is 3. The van der Waals surface area contributed by atoms with Crippen LogP contribution >= 0.6 is 12.4 Å². The quantitative estimate of drug-likeness (QED) is 0.429. The predicted octanol–water partition coefficient (Wildman–Crippen LogP) is 4.35. The van der Waals surface area contributed by atoms with Crippen LogP contribution in [0.25, 0.3) is 0 Å². The second kappa shape index (κ2) is 12.0. The number of carbonyl (C=O) groups is 2. The molecule has 0 atom stereocenters. The fraction of sp³-hybridized carbons (Fsp3) is 0.385. The molecule has 2 amide bonds. The first kappa shape index (κ1) is 27.2. The number of rotatable bonds is 7. The fourth-order valence-corrected chi connectivity index (χ4v) is 3.65. The molecule has 0 aliphatic carbocycles. The number of anilines is 2. The van der Waals surface area contributed by atoms with Crippen molar-refractivity contribution < 1.29 is 18.8 Å². The van der Waals surface area contributed by atoms with Gasteiger partial charge in [0.25, 0.3) is 5.91 Å². The van der Waals surface area contributed by atoms with Gasteiger partial charge in [0.15, 0.2) is 5.82 Å². The van der Waals surface area contributed by atoms with Crippen LogP contribution in [0.15, 0.2) is 53.2 Å². The standard InChI is InChI=1S/C26H31N5O4.ClH/c1-26(2,3)22-15-23(31-35-22)30-24(32)14-17-4-6-18(7-5-17)29-25(33)21-9-8-20(16-28-21)34-19-10-12-27-13-11-19;/h4-9,15-16,19,27H,10-14H2,1-3H3,(H,29,33)(H,30,31,32);1H. The summed E-state index contributed by atoms with van der Waals surface area (Å²) in [6.07, 6.45) is 3.84. The number of nitrogens with zero attached hydrogens (tertiary/aromatic N) is 2. The maximum absolute atomic E-state index is 12.6. The van der Waals surface area contributed by atoms with Crippen molar-refractivity contribution in [1.82, 2.24) is 15.5 Å². The van der Waals surface area contributed by atoms with Crippen LogP contribution < -0.4 is 20.7 Å². The van der Waals surface area contributed by atoms with E-state index in [1.165, 1.54) is 0 Å². The molecule has 1 saturated heterocycles. The van der Waals surface area contributed by atoms with E-state index in [-0.39, 0.29) is 42.2 Å². The first-order chi connectivity index (χ1) is 16.8. The van der Waals surface area contributed by atoms with Gasteiger partial charge in [-0.2, -0.15) is 0 Å². The lowest BCUT2D eigenvalue weighted by Gasteiger charge is -2.23. The molecule has 0 bridgehead atoms. The summed E-state index contributed by atoms with van der Waals surface area (Å²) in [7, 11) is 0. The summed E-state index contributed by atoms with van der Waals surface area (Å²) in [6.45, 7) is 7.92. The van der Waals surface area contributed by atoms with Gasteiger partial charge >= 0.3 is 0 Å². The molecule has 3 aromatic rings. The normalized spacial score (nSPS) is 14.0. The lowest BCUT2D eigenvalue weighted by Crippen LogP contribution is -2.34. The maximum Gasteiger partial charge on any atom is 0.274 e. The molecule has 0 unspecified atom stereocenters. The molecule has 0 saturated carbocycles. The molecule has 192 valence electrons. The number of ether oxygens (including phenoxy) is 1. The van der Waals surface area contributed by atoms with Crippen LogP contribution in [0, 0.1) is 0 Å². The summed E-state index contributed by atoms with van der Waals surface area (Å²) in [4.78, 5) is 29.1. The summed E-state index contributed by atoms with van der Waals surface area (Å²) in [5, 5.41) is 12.8. The Bertz CT molecular complexity index is 1150. The Labute approximate surface area is 216 Å². The number of benzene rings is 1. The van der Waals surface area contributed by atoms with Gasteiger partial charge in [0.2, 0.25) is 5.91 Å². The average molecular weight is 514 g/mol. The number of hydrogen-bond acceptors (Lipinski definition) is 7. The Morgan fingerprint density at radius 1 is 1.08 bits per heavy atom. The summed E-state index contributed by atoms with van der Waals surface area (Å²) >= 11 is 0. The molecular formula is C26H32ClN5O4. The van der Waals surface area contributed by atoms with E-state index < -0.39 is 0 Å². The summed E-state index contributed by atoms with van der Waals surface area (Å²) in [6, 6.07) is 12.2. The van der Waals surface area contributed by atoms with Crippen molar-refractivity contribution >= 4 is 35.7 Å². The monoisotopic (exact) mass is 513 g/mol. The number of carbonyl (C=O) groups excluding carboxylic acids is 2. The molecule has 9 nitrogen and oxygen atoms in total. The zero-order chi connectivity index (χ0) is 24.8. The van der Waals surface area contributed by atoms with Gasteiger partial charge in [-0.05, 0) is 55.8 Å². The SMILES string of the molecule is CC(C)(C)c1cc(NC(=O)Cc2ccc(NC(=O)c3ccc(OC4CCNCC4)cn3)cc2)no1.Cl. The van der Waals surface area contributed by atoms with Crippen molar-refractivity contribution in [3.8, 4) is 5.75 Å². The van der Waals surface area contributed by atoms with E-state index in [1.807, 2.05) is 20.8 Å². The first-order valence-corrected chi connectivity index (χ1v) is 11.8. The highest BCUT2D eigenvalue weighted by molar-refractivity contribution is 6.02. The van der Waals surface area contributed by atoms with Crippen LogP contribution in [0.1, 0.15) is 55.4 Å². The van der Waals surface area contributed by atoms with Gasteiger partial charge in [0.1, 0.15) is 23.3 Å². The van der Waals surface area contributed by atoms with E-state index in [2.05, 4.69) is 26.1 Å². The summed E-state index contributed by atoms with van der Waals surface area (Å²) in [5.74, 6) is 1.24. The fourth-order valence-electron chi connectivity index (χ4n) is 3.65. The molecule has 3 N–H and O–H groups in total. The Morgan fingerprint density at radius 3 is 2.42 bits per heavy atom. The van der Waals surface area contributed by atoms with Crippen molar-refractivity contribution in [2.24, 2.45) is 0 Å². The molecule has 2 aromatic heterocycles. The van der Waals surface area contributed by atoms with Crippen molar-refractivity contribution in [3.63, 3.8) is 0 Å². The van der Waals surface area contributed by atoms with E-state index in [9.17, 15) is 9.59 Å². The number of halogens is 1. The highest BCUT2D eigenvalue weighted by atomic mass is 35.5. The maximum atomic E-state index is 12.6. The highest BCUT2D eigenvalue weighted by Crippen LogP contribution is 2.24. The van der Waals surface area contributed by atoms with E-state index in [0.29, 0.717) is 28.7 Å². The topological polar surface area (TPSA) is 118 Å². The molecule has 3 heterocycles. The molecule has 4 rings (SSSR count). The molecular weight excluding hydrogens is 482 g/mol. The molecule has 1 fully saturated rings. The van der Waals surface area contributed by atoms with E-state index in [0.717, 1.165) is 31.5 Å². The Hall–Kier alpha value is -3.43. The van der Waals surface area contributed by atoms with Crippen LogP contribution in [0.5, 0.6) is 5.75 Å². The van der Waals surface area contributed by atoms with E-state index >= 15 is 0 Å². The van der Waals surface area contributed by atoms with Crippen LogP contribution in [0.2, 0.25) is 0 Å². The van der Waals surface area contributed by atoms with Crippen molar-refractivity contribution in [2.45, 2.75) is 51.6 Å². The third-order valence-electron chi connectivity index (χ3n) is 5.65. The van der Waals surface area contributed by atoms with Crippen LogP contribution in [-0.2, 0) is 16.6 Å². The minimum atomic E-state index is -0.315. The molecule has 1 aliphatic heterocycles. The number of nitrogens with one attached hydrogen (secondary N) is 3. The number of amides is 2. The summed E-state index contributed by atoms with van der Waals surface area (Å²) < 4.78 is 11.2. The summed E-state index contributed by atoms with van der Waals surface area (Å²) in [5.41, 5.74) is 1.53. The lowest BCUT2D eigenvalue weighted by molar-refractivity contribution is -0.115. The van der Waals surface area contributed by atoms with Crippen LogP contribution in [-0.4, -0.2) is 41.1 Å². The molecule has 0 spiro atoms. The first-order valence-electron chi connectivity index (χ1n) is 11.8. The third-order valence-corrected chi connectivity index (χ3v) is 5.65. The van der Waals surface area contributed by atoms with Gasteiger partial charge < -0.3 is 25.2 Å². The van der Waals surface area contributed by atoms with Gasteiger partial charge in [-0.15, -0.1) is 12.4 Å². The van der Waals surface area contributed by atoms with Gasteiger partial charge in [-0.3, -0.25) is 9.59 Å². The molecule has 10 heteroatoms. The largest absolute Gasteiger partial charge is 0.489 e. The van der Waals surface area contributed by atoms with Gasteiger partial charge in [0, 0.05) is 17.2 Å². The van der Waals surface area contributed by atoms with Gasteiger partial charge in [-0.1, -0.05) is 38.1 Å². The van der Waals surface area contributed by atoms with Crippen molar-refractivity contribution in [3.05, 3.63) is 65.7 Å². The molecule has 1 aromatic carbocycles. The van der Waals surface area contributed by atoms with Crippen LogP contribution in [0.3, 0.4) is 0 Å². The smallest absolute Gasteiger partial charge is 0.274 e. The number of piperidine rings is 1. The van der Waals surface area contributed by atoms with E-state index in [1.54, 1.807) is 48.7 Å². The van der Waals surface area contributed by atoms with Crippen molar-refractivity contribution in [2.75, 3.05) is 23.7 Å². The Morgan fingerprint density at radius 2 is 1.81 bits per heavy atom. The number of pyridine rings is 1. The second-order valence-corrected chi connectivity index (χ2v) is 9.65. The zero-order valence-corrected chi connectivity index (χ0v) is 21.5. The van der Waals surface area contributed by atoms with Crippen LogP contribution in [0.4, 0.5) is 11.5 Å². The third kappa shape index (κ3) is 7.53. The molecule has 1 aliphatic rings. The lowest BCUT2D eigenvalue weighted by atomic mass is 9.93. The Balaban J connectivity index is 0.00000361. The number of aromatic nitrogens is 2. The highest BCUT2D eigenvalue weighted by Gasteiger charge is 2.20. The molecule has 36 heavy (non-hydrogen) atoms. The van der Waals surface area contributed by atoms with E-state index in [4.69, 9.17) is 9.26 Å². The second-order valence-electron chi connectivity index (χ2n) is 9.65. The average Bonchev–Trinajstić information content (AvgIpc) is 3.30. The van der Waals surface area contributed by atoms with Gasteiger partial charge in [0.05, 0.1) is 12.6 Å². The zero-order valence-electron chi connectivity index (χ0n) is 20.7. The Kier molecular flexibility index (Phi) is 9.06.